The molecule has 1 N–H and O–H groups in total. The molecule has 0 heterocycles. The van der Waals surface area contributed by atoms with Crippen LogP contribution in [0.4, 0.5) is 20.2 Å². The van der Waals surface area contributed by atoms with Crippen molar-refractivity contribution < 1.29 is 23.2 Å². The molecule has 0 aromatic heterocycles. The lowest BCUT2D eigenvalue weighted by atomic mass is 10.1. The van der Waals surface area contributed by atoms with Gasteiger partial charge in [0.15, 0.2) is 5.78 Å². The zero-order chi connectivity index (χ0) is 19.3. The van der Waals surface area contributed by atoms with E-state index in [9.17, 15) is 23.2 Å². The maximum Gasteiger partial charge on any atom is 0.226 e. The number of hydrogen-bond donors (Lipinski definition) is 1. The van der Waals surface area contributed by atoms with Crippen LogP contribution in [0.2, 0.25) is 0 Å². The molecule has 0 aliphatic heterocycles. The van der Waals surface area contributed by atoms with Crippen molar-refractivity contribution in [3.63, 3.8) is 0 Å². The molecule has 2 aromatic carbocycles. The van der Waals surface area contributed by atoms with Crippen molar-refractivity contribution in [2.45, 2.75) is 20.3 Å². The number of carbonyl (C=O) groups excluding carboxylic acids is 3. The van der Waals surface area contributed by atoms with Crippen molar-refractivity contribution in [3.8, 4) is 0 Å². The number of Topliss-reactive ketones (excluding diaryl/α,β-unsaturated/α-hetero) is 1. The van der Waals surface area contributed by atoms with E-state index in [2.05, 4.69) is 5.32 Å². The second-order valence-electron chi connectivity index (χ2n) is 5.67. The lowest BCUT2D eigenvalue weighted by molar-refractivity contribution is -0.117. The fraction of sp³-hybridized carbons (Fsp3) is 0.211. The number of hydrogen-bond acceptors (Lipinski definition) is 3. The van der Waals surface area contributed by atoms with E-state index in [1.54, 1.807) is 24.3 Å². The monoisotopic (exact) mass is 360 g/mol. The zero-order valence-electron chi connectivity index (χ0n) is 14.4. The van der Waals surface area contributed by atoms with Gasteiger partial charge in [-0.25, -0.2) is 8.78 Å². The highest BCUT2D eigenvalue weighted by Gasteiger charge is 2.16. The Balaban J connectivity index is 2.05. The molecule has 0 fully saturated rings. The molecule has 7 heteroatoms. The lowest BCUT2D eigenvalue weighted by Crippen LogP contribution is -2.32. The van der Waals surface area contributed by atoms with E-state index in [0.717, 1.165) is 12.1 Å². The number of para-hydroxylation sites is 1. The van der Waals surface area contributed by atoms with Crippen LogP contribution in [0.25, 0.3) is 0 Å². The minimum absolute atomic E-state index is 0.0245. The third-order valence-electron chi connectivity index (χ3n) is 3.76. The Morgan fingerprint density at radius 1 is 0.962 bits per heavy atom. The van der Waals surface area contributed by atoms with Crippen LogP contribution in [0, 0.1) is 11.6 Å². The van der Waals surface area contributed by atoms with Gasteiger partial charge in [0.05, 0.1) is 0 Å². The highest BCUT2D eigenvalue weighted by Crippen LogP contribution is 2.19. The molecular formula is C19H18F2N2O3. The molecule has 26 heavy (non-hydrogen) atoms. The van der Waals surface area contributed by atoms with Gasteiger partial charge in [-0.05, 0) is 43.3 Å². The Kier molecular flexibility index (Phi) is 6.16. The summed E-state index contributed by atoms with van der Waals surface area (Å²) < 4.78 is 27.1. The number of nitrogens with one attached hydrogen (secondary N) is 1. The van der Waals surface area contributed by atoms with Crippen molar-refractivity contribution in [3.05, 3.63) is 59.7 Å². The van der Waals surface area contributed by atoms with E-state index in [-0.39, 0.29) is 24.7 Å². The maximum atomic E-state index is 13.6. The predicted molar refractivity (Wildman–Crippen MR) is 94.1 cm³/mol. The summed E-state index contributed by atoms with van der Waals surface area (Å²) in [7, 11) is 0. The van der Waals surface area contributed by atoms with Crippen LogP contribution in [0.15, 0.2) is 42.5 Å². The average molecular weight is 360 g/mol. The first-order valence-corrected chi connectivity index (χ1v) is 7.92. The van der Waals surface area contributed by atoms with E-state index in [0.29, 0.717) is 11.3 Å². The van der Waals surface area contributed by atoms with Gasteiger partial charge in [0.1, 0.15) is 17.3 Å². The Labute approximate surface area is 149 Å². The number of carbonyl (C=O) groups is 3. The minimum atomic E-state index is -0.874. The summed E-state index contributed by atoms with van der Waals surface area (Å²) in [6, 6.07) is 9.65. The van der Waals surface area contributed by atoms with E-state index in [4.69, 9.17) is 0 Å². The molecule has 0 saturated carbocycles. The minimum Gasteiger partial charge on any atom is -0.321 e. The standard InChI is InChI=1S/C19H18F2N2O3/c1-12(24)14-6-8-15(9-7-14)23(13(2)25)11-10-18(26)22-19-16(20)4-3-5-17(19)21/h3-9H,10-11H2,1-2H3,(H,22,26). The Morgan fingerprint density at radius 2 is 1.54 bits per heavy atom. The topological polar surface area (TPSA) is 66.5 Å². The zero-order valence-corrected chi connectivity index (χ0v) is 14.4. The van der Waals surface area contributed by atoms with Crippen LogP contribution >= 0.6 is 0 Å². The highest BCUT2D eigenvalue weighted by atomic mass is 19.1. The normalized spacial score (nSPS) is 10.3. The van der Waals surface area contributed by atoms with Crippen molar-refractivity contribution in [2.24, 2.45) is 0 Å². The fourth-order valence-electron chi connectivity index (χ4n) is 2.38. The van der Waals surface area contributed by atoms with Gasteiger partial charge in [-0.15, -0.1) is 0 Å². The molecule has 2 rings (SSSR count). The summed E-state index contributed by atoms with van der Waals surface area (Å²) in [4.78, 5) is 36.5. The molecule has 2 amide bonds. The molecule has 0 unspecified atom stereocenters. The number of nitrogens with zero attached hydrogens (tertiary/aromatic N) is 1. The Hall–Kier alpha value is -3.09. The lowest BCUT2D eigenvalue weighted by Gasteiger charge is -2.21. The summed E-state index contributed by atoms with van der Waals surface area (Å²) in [5.74, 6) is -2.77. The van der Waals surface area contributed by atoms with Crippen LogP contribution < -0.4 is 10.2 Å². The van der Waals surface area contributed by atoms with Crippen LogP contribution in [-0.2, 0) is 9.59 Å². The molecule has 0 bridgehead atoms. The van der Waals surface area contributed by atoms with Crippen molar-refractivity contribution in [1.82, 2.24) is 0 Å². The third kappa shape index (κ3) is 4.72. The smallest absolute Gasteiger partial charge is 0.226 e. The highest BCUT2D eigenvalue weighted by molar-refractivity contribution is 5.97. The number of rotatable bonds is 6. The third-order valence-corrected chi connectivity index (χ3v) is 3.76. The first-order valence-electron chi connectivity index (χ1n) is 7.92. The summed E-state index contributed by atoms with van der Waals surface area (Å²) in [6.07, 6.45) is -0.151. The summed E-state index contributed by atoms with van der Waals surface area (Å²) in [5.41, 5.74) is 0.509. The van der Waals surface area contributed by atoms with E-state index >= 15 is 0 Å². The summed E-state index contributed by atoms with van der Waals surface area (Å²) >= 11 is 0. The Morgan fingerprint density at radius 3 is 2.04 bits per heavy atom. The number of anilines is 2. The quantitative estimate of drug-likeness (QED) is 0.801. The van der Waals surface area contributed by atoms with Gasteiger partial charge in [-0.1, -0.05) is 6.07 Å². The number of ketones is 1. The molecule has 0 spiro atoms. The van der Waals surface area contributed by atoms with Gasteiger partial charge < -0.3 is 10.2 Å². The molecule has 2 aromatic rings. The largest absolute Gasteiger partial charge is 0.321 e. The van der Waals surface area contributed by atoms with E-state index in [1.165, 1.54) is 24.8 Å². The number of amides is 2. The van der Waals surface area contributed by atoms with Crippen molar-refractivity contribution >= 4 is 29.0 Å². The van der Waals surface area contributed by atoms with Crippen LogP contribution in [-0.4, -0.2) is 24.1 Å². The molecule has 136 valence electrons. The number of halogens is 2. The molecule has 5 nitrogen and oxygen atoms in total. The molecule has 0 aliphatic carbocycles. The fourth-order valence-corrected chi connectivity index (χ4v) is 2.38. The van der Waals surface area contributed by atoms with Gasteiger partial charge >= 0.3 is 0 Å². The summed E-state index contributed by atoms with van der Waals surface area (Å²) in [6.45, 7) is 2.80. The first-order chi connectivity index (χ1) is 12.3. The van der Waals surface area contributed by atoms with Crippen molar-refractivity contribution in [2.75, 3.05) is 16.8 Å². The van der Waals surface area contributed by atoms with E-state index < -0.39 is 23.2 Å². The number of benzene rings is 2. The first kappa shape index (κ1) is 19.2. The van der Waals surface area contributed by atoms with Crippen molar-refractivity contribution in [1.29, 1.82) is 0 Å². The molecule has 0 radical (unpaired) electrons. The molecule has 0 aliphatic rings. The van der Waals surface area contributed by atoms with Gasteiger partial charge in [0, 0.05) is 31.1 Å². The van der Waals surface area contributed by atoms with Gasteiger partial charge in [0.25, 0.3) is 0 Å². The maximum absolute atomic E-state index is 13.6. The molecule has 0 saturated heterocycles. The van der Waals surface area contributed by atoms with E-state index in [1.807, 2.05) is 0 Å². The summed E-state index contributed by atoms with van der Waals surface area (Å²) in [5, 5.41) is 2.18. The molecule has 0 atom stereocenters. The second-order valence-corrected chi connectivity index (χ2v) is 5.67. The van der Waals surface area contributed by atoms with Gasteiger partial charge in [-0.2, -0.15) is 0 Å². The second kappa shape index (κ2) is 8.33. The predicted octanol–water partition coefficient (Wildman–Crippen LogP) is 3.55. The average Bonchev–Trinajstić information content (AvgIpc) is 2.58. The SMILES string of the molecule is CC(=O)c1ccc(N(CCC(=O)Nc2c(F)cccc2F)C(C)=O)cc1. The van der Waals surface area contributed by atoms with Gasteiger partial charge in [-0.3, -0.25) is 14.4 Å². The van der Waals surface area contributed by atoms with Gasteiger partial charge in [0.2, 0.25) is 11.8 Å². The van der Waals surface area contributed by atoms with Crippen LogP contribution in [0.3, 0.4) is 0 Å². The van der Waals surface area contributed by atoms with Crippen LogP contribution in [0.5, 0.6) is 0 Å². The molecular weight excluding hydrogens is 342 g/mol. The Bertz CT molecular complexity index is 815. The van der Waals surface area contributed by atoms with Crippen LogP contribution in [0.1, 0.15) is 30.6 Å².